The van der Waals surface area contributed by atoms with Gasteiger partial charge in [-0.2, -0.15) is 23.1 Å². The van der Waals surface area contributed by atoms with E-state index in [1.165, 1.54) is 0 Å². The fourth-order valence-corrected chi connectivity index (χ4v) is 9.95. The molecule has 7 heterocycles. The van der Waals surface area contributed by atoms with E-state index in [0.717, 1.165) is 87.6 Å². The Hall–Kier alpha value is -3.36. The topological polar surface area (TPSA) is 83.6 Å². The van der Waals surface area contributed by atoms with Crippen LogP contribution >= 0.6 is 11.3 Å². The van der Waals surface area contributed by atoms with Crippen LogP contribution in [0.15, 0.2) is 18.2 Å². The number of thiazole rings is 1. The summed E-state index contributed by atoms with van der Waals surface area (Å²) in [6.07, 6.45) is 2.13. The summed E-state index contributed by atoms with van der Waals surface area (Å²) in [6.45, 7) is 2.29. The molecule has 9 rings (SSSR count). The van der Waals surface area contributed by atoms with Crippen molar-refractivity contribution in [3.63, 3.8) is 0 Å². The van der Waals surface area contributed by atoms with Crippen molar-refractivity contribution in [2.45, 2.75) is 80.8 Å². The highest BCUT2D eigenvalue weighted by Crippen LogP contribution is 2.53. The third kappa shape index (κ3) is 4.05. The molecule has 242 valence electrons. The molecule has 0 bridgehead atoms. The van der Waals surface area contributed by atoms with Crippen molar-refractivity contribution in [1.29, 1.82) is 0 Å². The molecule has 2 aromatic carbocycles. The number of rotatable bonds is 6. The second kappa shape index (κ2) is 9.83. The minimum Gasteiger partial charge on any atom is -0.461 e. The van der Waals surface area contributed by atoms with Gasteiger partial charge in [0.25, 0.3) is 0 Å². The highest BCUT2D eigenvalue weighted by atomic mass is 32.1. The number of ether oxygens (including phenoxy) is 1. The second-order valence-electron chi connectivity index (χ2n) is 13.6. The molecular formula is C32H32F5N7OS. The van der Waals surface area contributed by atoms with E-state index in [9.17, 15) is 17.6 Å². The molecule has 46 heavy (non-hydrogen) atoms. The van der Waals surface area contributed by atoms with Gasteiger partial charge in [0.05, 0.1) is 21.3 Å². The minimum atomic E-state index is -4.95. The van der Waals surface area contributed by atoms with Crippen molar-refractivity contribution in [3.8, 4) is 17.1 Å². The summed E-state index contributed by atoms with van der Waals surface area (Å²) >= 11 is 0.796. The van der Waals surface area contributed by atoms with Crippen molar-refractivity contribution in [1.82, 2.24) is 24.8 Å². The normalized spacial score (nSPS) is 26.7. The maximum absolute atomic E-state index is 16.9. The zero-order valence-electron chi connectivity index (χ0n) is 25.1. The summed E-state index contributed by atoms with van der Waals surface area (Å²) in [6, 6.07) is 4.32. The number of benzene rings is 2. The number of likely N-dealkylation sites (N-methyl/N-ethyl adjacent to an activating group) is 1. The molecule has 4 atom stereocenters. The monoisotopic (exact) mass is 657 g/mol. The van der Waals surface area contributed by atoms with Gasteiger partial charge in [-0.25, -0.2) is 13.8 Å². The Labute approximate surface area is 265 Å². The number of hydrogen-bond acceptors (Lipinski definition) is 9. The van der Waals surface area contributed by atoms with Gasteiger partial charge in [-0.3, -0.25) is 9.80 Å². The lowest BCUT2D eigenvalue weighted by Gasteiger charge is -2.57. The minimum absolute atomic E-state index is 0.0141. The number of anilines is 2. The average Bonchev–Trinajstić information content (AvgIpc) is 3.70. The van der Waals surface area contributed by atoms with Crippen LogP contribution in [0.5, 0.6) is 6.01 Å². The lowest BCUT2D eigenvalue weighted by molar-refractivity contribution is -0.137. The lowest BCUT2D eigenvalue weighted by Crippen LogP contribution is -2.67. The smallest absolute Gasteiger partial charge is 0.417 e. The first-order chi connectivity index (χ1) is 22.0. The number of halogens is 5. The SMILES string of the molecule is CN(c1nc(OCC23CCCN2CCC3)nc2c(F)c(-c3ccc(F)c4sc(N)nc34)c(C(F)(F)F)cc12)C1C[C@H]2CC3C[C@@H]1N32. The molecule has 0 aliphatic carbocycles. The lowest BCUT2D eigenvalue weighted by atomic mass is 9.82. The van der Waals surface area contributed by atoms with Crippen LogP contribution in [0.3, 0.4) is 0 Å². The average molecular weight is 658 g/mol. The predicted molar refractivity (Wildman–Crippen MR) is 165 cm³/mol. The molecule has 0 spiro atoms. The zero-order chi connectivity index (χ0) is 31.7. The van der Waals surface area contributed by atoms with E-state index >= 15 is 4.39 Å². The van der Waals surface area contributed by atoms with E-state index in [0.29, 0.717) is 18.7 Å². The van der Waals surface area contributed by atoms with Gasteiger partial charge < -0.3 is 15.4 Å². The number of aromatic nitrogens is 3. The Morgan fingerprint density at radius 1 is 1.04 bits per heavy atom. The van der Waals surface area contributed by atoms with Gasteiger partial charge in [0.2, 0.25) is 0 Å². The van der Waals surface area contributed by atoms with Crippen molar-refractivity contribution >= 4 is 43.4 Å². The molecule has 5 fully saturated rings. The van der Waals surface area contributed by atoms with Crippen molar-refractivity contribution in [3.05, 3.63) is 35.4 Å². The first-order valence-corrected chi connectivity index (χ1v) is 16.7. The molecule has 5 saturated heterocycles. The van der Waals surface area contributed by atoms with E-state index in [2.05, 4.69) is 19.8 Å². The van der Waals surface area contributed by atoms with Gasteiger partial charge in [0, 0.05) is 47.7 Å². The molecule has 5 aliphatic rings. The first kappa shape index (κ1) is 28.8. The van der Waals surface area contributed by atoms with Gasteiger partial charge in [-0.1, -0.05) is 11.3 Å². The van der Waals surface area contributed by atoms with E-state index in [1.54, 1.807) is 0 Å². The van der Waals surface area contributed by atoms with Crippen LogP contribution in [0, 0.1) is 11.6 Å². The van der Waals surface area contributed by atoms with Crippen LogP contribution in [0.1, 0.15) is 50.5 Å². The molecule has 0 radical (unpaired) electrons. The van der Waals surface area contributed by atoms with Crippen LogP contribution in [-0.4, -0.2) is 81.2 Å². The predicted octanol–water partition coefficient (Wildman–Crippen LogP) is 6.22. The number of nitrogen functional groups attached to an aromatic ring is 1. The quantitative estimate of drug-likeness (QED) is 0.245. The molecule has 5 aliphatic heterocycles. The third-order valence-corrected chi connectivity index (χ3v) is 12.2. The van der Waals surface area contributed by atoms with Crippen molar-refractivity contribution < 1.29 is 26.7 Å². The largest absolute Gasteiger partial charge is 0.461 e. The fourth-order valence-electron chi connectivity index (χ4n) is 9.19. The first-order valence-electron chi connectivity index (χ1n) is 15.9. The van der Waals surface area contributed by atoms with Crippen LogP contribution in [-0.2, 0) is 6.18 Å². The molecule has 2 aromatic heterocycles. The Balaban J connectivity index is 1.23. The van der Waals surface area contributed by atoms with Crippen LogP contribution in [0.4, 0.5) is 32.9 Å². The highest BCUT2D eigenvalue weighted by Gasteiger charge is 2.60. The summed E-state index contributed by atoms with van der Waals surface area (Å²) in [7, 11) is 1.82. The van der Waals surface area contributed by atoms with Gasteiger partial charge in [-0.15, -0.1) is 0 Å². The molecule has 0 saturated carbocycles. The summed E-state index contributed by atoms with van der Waals surface area (Å²) < 4.78 is 82.4. The van der Waals surface area contributed by atoms with Gasteiger partial charge in [0.15, 0.2) is 10.9 Å². The Bertz CT molecular complexity index is 1910. The molecule has 0 amide bonds. The van der Waals surface area contributed by atoms with Gasteiger partial charge in [0.1, 0.15) is 23.8 Å². The molecule has 4 aromatic rings. The number of nitrogens with zero attached hydrogens (tertiary/aromatic N) is 6. The molecular weight excluding hydrogens is 625 g/mol. The Morgan fingerprint density at radius 3 is 2.52 bits per heavy atom. The van der Waals surface area contributed by atoms with Gasteiger partial charge >= 0.3 is 12.2 Å². The van der Waals surface area contributed by atoms with E-state index < -0.39 is 28.9 Å². The number of hydrogen-bond donors (Lipinski definition) is 1. The Morgan fingerprint density at radius 2 is 1.80 bits per heavy atom. The summed E-state index contributed by atoms with van der Waals surface area (Å²) in [4.78, 5) is 20.1. The van der Waals surface area contributed by atoms with Crippen LogP contribution in [0.25, 0.3) is 32.2 Å². The number of fused-ring (bicyclic) bond motifs is 3. The maximum atomic E-state index is 16.9. The fraction of sp³-hybridized carbons (Fsp3) is 0.531. The van der Waals surface area contributed by atoms with E-state index in [4.69, 9.17) is 15.5 Å². The number of nitrogens with two attached hydrogens (primary N) is 1. The molecule has 8 nitrogen and oxygen atoms in total. The number of piperidine rings is 1. The number of alkyl halides is 3. The molecule has 2 N–H and O–H groups in total. The molecule has 14 heteroatoms. The van der Waals surface area contributed by atoms with E-state index in [-0.39, 0.29) is 61.3 Å². The summed E-state index contributed by atoms with van der Waals surface area (Å²) in [5, 5.41) is -0.0870. The molecule has 2 unspecified atom stereocenters. The zero-order valence-corrected chi connectivity index (χ0v) is 25.9. The third-order valence-electron chi connectivity index (χ3n) is 11.3. The Kier molecular flexibility index (Phi) is 6.16. The highest BCUT2D eigenvalue weighted by molar-refractivity contribution is 7.22. The van der Waals surface area contributed by atoms with Crippen molar-refractivity contribution in [2.75, 3.05) is 37.4 Å². The van der Waals surface area contributed by atoms with E-state index in [1.807, 2.05) is 11.9 Å². The van der Waals surface area contributed by atoms with Crippen LogP contribution < -0.4 is 15.4 Å². The second-order valence-corrected chi connectivity index (χ2v) is 14.6. The maximum Gasteiger partial charge on any atom is 0.417 e. The van der Waals surface area contributed by atoms with Gasteiger partial charge in [-0.05, 0) is 76.2 Å². The summed E-state index contributed by atoms with van der Waals surface area (Å²) in [5.41, 5.74) is 3.09. The van der Waals surface area contributed by atoms with Crippen LogP contribution in [0.2, 0.25) is 0 Å². The summed E-state index contributed by atoms with van der Waals surface area (Å²) in [5.74, 6) is -1.68. The van der Waals surface area contributed by atoms with Crippen molar-refractivity contribution in [2.24, 2.45) is 0 Å². The standard InChI is InChI=1S/C32H32F5N7OS/c1-42(21-11-15-10-16-12-22(21)44(15)16)28-18-13-19(32(35,36)37)23(17-4-5-20(33)27-26(17)39-29(38)46-27)24(34)25(18)40-30(41-28)45-14-31-6-2-8-43(31)9-3-7-31/h4-5,13,15-16,21-22H,2-3,6-12,14H2,1H3,(H2,38,39)/t15-,16?,21?,22+/m1/s1.